The van der Waals surface area contributed by atoms with Crippen molar-refractivity contribution in [1.29, 1.82) is 0 Å². The number of imidazole rings is 1. The number of hydrogen-bond donors (Lipinski definition) is 1. The lowest BCUT2D eigenvalue weighted by Crippen LogP contribution is -2.44. The second-order valence-corrected chi connectivity index (χ2v) is 8.04. The summed E-state index contributed by atoms with van der Waals surface area (Å²) >= 11 is 1.81. The maximum absolute atomic E-state index is 12.5. The van der Waals surface area contributed by atoms with Gasteiger partial charge in [0.25, 0.3) is 0 Å². The fourth-order valence-corrected chi connectivity index (χ4v) is 4.38. The predicted molar refractivity (Wildman–Crippen MR) is 104 cm³/mol. The van der Waals surface area contributed by atoms with E-state index < -0.39 is 0 Å². The smallest absolute Gasteiger partial charge is 0.226 e. The van der Waals surface area contributed by atoms with Gasteiger partial charge in [-0.1, -0.05) is 12.1 Å². The molecule has 3 aromatic rings. The zero-order valence-electron chi connectivity index (χ0n) is 15.0. The number of hydrogen-bond acceptors (Lipinski definition) is 4. The molecule has 4 rings (SSSR count). The van der Waals surface area contributed by atoms with Crippen molar-refractivity contribution >= 4 is 22.9 Å². The van der Waals surface area contributed by atoms with E-state index in [1.807, 2.05) is 47.2 Å². The van der Waals surface area contributed by atoms with Gasteiger partial charge in [-0.3, -0.25) is 9.69 Å². The lowest BCUT2D eigenvalue weighted by Gasteiger charge is -2.32. The Bertz CT molecular complexity index is 878. The number of pyridine rings is 1. The number of nitrogens with one attached hydrogen (secondary N) is 1. The van der Waals surface area contributed by atoms with Gasteiger partial charge in [-0.15, -0.1) is 11.3 Å². The first-order valence-corrected chi connectivity index (χ1v) is 10.0. The molecule has 1 aliphatic heterocycles. The maximum atomic E-state index is 12.5. The summed E-state index contributed by atoms with van der Waals surface area (Å²) in [7, 11) is 0. The van der Waals surface area contributed by atoms with Crippen LogP contribution in [-0.4, -0.2) is 39.3 Å². The molecule has 1 amide bonds. The maximum Gasteiger partial charge on any atom is 0.226 e. The number of amides is 1. The number of carbonyl (C=O) groups is 1. The highest BCUT2D eigenvalue weighted by atomic mass is 32.1. The summed E-state index contributed by atoms with van der Waals surface area (Å²) in [6, 6.07) is 8.61. The van der Waals surface area contributed by atoms with Crippen LogP contribution in [0.2, 0.25) is 0 Å². The number of aromatic nitrogens is 2. The summed E-state index contributed by atoms with van der Waals surface area (Å²) in [4.78, 5) is 20.8. The fraction of sp³-hybridized carbons (Fsp3) is 0.400. The van der Waals surface area contributed by atoms with Crippen LogP contribution in [0.25, 0.3) is 5.65 Å². The number of thiophene rings is 1. The lowest BCUT2D eigenvalue weighted by molar-refractivity contribution is -0.121. The summed E-state index contributed by atoms with van der Waals surface area (Å²) in [5.41, 5.74) is 2.99. The Morgan fingerprint density at radius 2 is 2.15 bits per heavy atom. The number of rotatable bonds is 5. The Kier molecular flexibility index (Phi) is 5.04. The van der Waals surface area contributed by atoms with Gasteiger partial charge < -0.3 is 9.72 Å². The number of likely N-dealkylation sites (tertiary alicyclic amines) is 1. The molecular formula is C20H24N4OS. The molecule has 5 nitrogen and oxygen atoms in total. The second kappa shape index (κ2) is 7.60. The van der Waals surface area contributed by atoms with Gasteiger partial charge in [-0.05, 0) is 42.8 Å². The highest BCUT2D eigenvalue weighted by molar-refractivity contribution is 7.09. The molecule has 0 unspecified atom stereocenters. The highest BCUT2D eigenvalue weighted by Gasteiger charge is 2.21. The van der Waals surface area contributed by atoms with Gasteiger partial charge in [-0.2, -0.15) is 0 Å². The first kappa shape index (κ1) is 17.2. The van der Waals surface area contributed by atoms with Gasteiger partial charge >= 0.3 is 0 Å². The quantitative estimate of drug-likeness (QED) is 0.753. The van der Waals surface area contributed by atoms with Crippen LogP contribution in [0, 0.1) is 6.92 Å². The molecule has 26 heavy (non-hydrogen) atoms. The Balaban J connectivity index is 1.29. The minimum atomic E-state index is 0.0880. The van der Waals surface area contributed by atoms with Gasteiger partial charge in [0, 0.05) is 42.9 Å². The van der Waals surface area contributed by atoms with Crippen LogP contribution in [-0.2, 0) is 17.8 Å². The Morgan fingerprint density at radius 3 is 2.92 bits per heavy atom. The van der Waals surface area contributed by atoms with Gasteiger partial charge in [0.1, 0.15) is 5.65 Å². The summed E-state index contributed by atoms with van der Waals surface area (Å²) < 4.78 is 2.01. The van der Waals surface area contributed by atoms with Crippen molar-refractivity contribution in [3.63, 3.8) is 0 Å². The van der Waals surface area contributed by atoms with Crippen LogP contribution >= 0.6 is 11.3 Å². The summed E-state index contributed by atoms with van der Waals surface area (Å²) in [6.07, 6.45) is 6.19. The summed E-state index contributed by atoms with van der Waals surface area (Å²) in [5.74, 6) is 0.0880. The van der Waals surface area contributed by atoms with E-state index in [9.17, 15) is 4.79 Å². The largest absolute Gasteiger partial charge is 0.353 e. The molecule has 1 N–H and O–H groups in total. The molecule has 4 heterocycles. The zero-order valence-corrected chi connectivity index (χ0v) is 15.8. The molecule has 0 aliphatic carbocycles. The monoisotopic (exact) mass is 368 g/mol. The Morgan fingerprint density at radius 1 is 1.31 bits per heavy atom. The van der Waals surface area contributed by atoms with E-state index in [2.05, 4.69) is 32.7 Å². The van der Waals surface area contributed by atoms with E-state index in [4.69, 9.17) is 0 Å². The van der Waals surface area contributed by atoms with Crippen molar-refractivity contribution in [3.8, 4) is 0 Å². The van der Waals surface area contributed by atoms with Gasteiger partial charge in [0.15, 0.2) is 0 Å². The molecule has 0 atom stereocenters. The zero-order chi connectivity index (χ0) is 17.9. The van der Waals surface area contributed by atoms with Crippen LogP contribution in [0.3, 0.4) is 0 Å². The van der Waals surface area contributed by atoms with Crippen LogP contribution in [0.15, 0.2) is 42.0 Å². The lowest BCUT2D eigenvalue weighted by atomic mass is 10.0. The molecule has 1 fully saturated rings. The normalized spacial score (nSPS) is 16.2. The van der Waals surface area contributed by atoms with Crippen LogP contribution in [0.4, 0.5) is 0 Å². The summed E-state index contributed by atoms with van der Waals surface area (Å²) in [5, 5.41) is 5.34. The van der Waals surface area contributed by atoms with Crippen molar-refractivity contribution in [2.45, 2.75) is 38.8 Å². The highest BCUT2D eigenvalue weighted by Crippen LogP contribution is 2.17. The molecule has 0 aromatic carbocycles. The molecule has 0 saturated carbocycles. The van der Waals surface area contributed by atoms with E-state index in [-0.39, 0.29) is 11.9 Å². The first-order valence-electron chi connectivity index (χ1n) is 9.15. The first-order chi connectivity index (χ1) is 12.7. The Labute approximate surface area is 157 Å². The van der Waals surface area contributed by atoms with E-state index in [0.29, 0.717) is 6.42 Å². The molecule has 136 valence electrons. The van der Waals surface area contributed by atoms with Crippen LogP contribution in [0.5, 0.6) is 0 Å². The van der Waals surface area contributed by atoms with Crippen molar-refractivity contribution in [2.24, 2.45) is 0 Å². The van der Waals surface area contributed by atoms with E-state index in [0.717, 1.165) is 49.4 Å². The Hall–Kier alpha value is -2.18. The second-order valence-electron chi connectivity index (χ2n) is 7.01. The van der Waals surface area contributed by atoms with Gasteiger partial charge in [0.2, 0.25) is 5.91 Å². The van der Waals surface area contributed by atoms with E-state index in [1.54, 1.807) is 0 Å². The molecule has 1 aliphatic rings. The minimum Gasteiger partial charge on any atom is -0.353 e. The molecule has 0 spiro atoms. The molecular weight excluding hydrogens is 344 g/mol. The predicted octanol–water partition coefficient (Wildman–Crippen LogP) is 3.03. The number of piperidine rings is 1. The molecule has 0 radical (unpaired) electrons. The van der Waals surface area contributed by atoms with Crippen molar-refractivity contribution < 1.29 is 4.79 Å². The van der Waals surface area contributed by atoms with E-state index >= 15 is 0 Å². The fourth-order valence-electron chi connectivity index (χ4n) is 3.63. The number of nitrogens with zero attached hydrogens (tertiary/aromatic N) is 3. The molecule has 3 aromatic heterocycles. The third kappa shape index (κ3) is 3.81. The average Bonchev–Trinajstić information content (AvgIpc) is 3.28. The molecule has 6 heteroatoms. The van der Waals surface area contributed by atoms with Crippen LogP contribution < -0.4 is 5.32 Å². The SMILES string of the molecule is Cc1cccn2c(CC(=O)NC3CCN(Cc4cccs4)CC3)cnc12. The van der Waals surface area contributed by atoms with Gasteiger partial charge in [0.05, 0.1) is 12.1 Å². The molecule has 0 bridgehead atoms. The van der Waals surface area contributed by atoms with Gasteiger partial charge in [-0.25, -0.2) is 4.98 Å². The van der Waals surface area contributed by atoms with Crippen molar-refractivity contribution in [2.75, 3.05) is 13.1 Å². The molecule has 1 saturated heterocycles. The topological polar surface area (TPSA) is 49.6 Å². The standard InChI is InChI=1S/C20H24N4OS/c1-15-4-2-8-24-17(13-21-20(15)24)12-19(25)22-16-6-9-23(10-7-16)14-18-5-3-11-26-18/h2-5,8,11,13,16H,6-7,9-10,12,14H2,1H3,(H,22,25). The minimum absolute atomic E-state index is 0.0880. The third-order valence-corrected chi connectivity index (χ3v) is 5.92. The van der Waals surface area contributed by atoms with Crippen molar-refractivity contribution in [3.05, 3.63) is 58.2 Å². The number of aryl methyl sites for hydroxylation is 1. The summed E-state index contributed by atoms with van der Waals surface area (Å²) in [6.45, 7) is 5.14. The van der Waals surface area contributed by atoms with Crippen LogP contribution in [0.1, 0.15) is 29.0 Å². The van der Waals surface area contributed by atoms with Crippen molar-refractivity contribution in [1.82, 2.24) is 19.6 Å². The third-order valence-electron chi connectivity index (χ3n) is 5.06. The van der Waals surface area contributed by atoms with E-state index in [1.165, 1.54) is 4.88 Å². The number of carbonyl (C=O) groups excluding carboxylic acids is 1. The average molecular weight is 369 g/mol. The number of fused-ring (bicyclic) bond motifs is 1.